The molecule has 1 amide bonds. The van der Waals surface area contributed by atoms with Gasteiger partial charge in [0, 0.05) is 20.1 Å². The fourth-order valence-corrected chi connectivity index (χ4v) is 1.57. The van der Waals surface area contributed by atoms with Crippen molar-refractivity contribution >= 4 is 18.3 Å². The molecule has 4 nitrogen and oxygen atoms in total. The topological polar surface area (TPSA) is 64.3 Å². The molecule has 0 spiro atoms. The Hall–Kier alpha value is -1.10. The molecule has 0 saturated carbocycles. The van der Waals surface area contributed by atoms with Crippen molar-refractivity contribution in [2.24, 2.45) is 5.73 Å². The van der Waals surface area contributed by atoms with Gasteiger partial charge in [-0.2, -0.15) is 0 Å². The Kier molecular flexibility index (Phi) is 9.28. The van der Waals surface area contributed by atoms with Crippen molar-refractivity contribution < 1.29 is 9.53 Å². The van der Waals surface area contributed by atoms with Gasteiger partial charge in [-0.1, -0.05) is 24.3 Å². The van der Waals surface area contributed by atoms with Gasteiger partial charge in [0.05, 0.1) is 6.61 Å². The number of hydrogen-bond donors (Lipinski definition) is 2. The van der Waals surface area contributed by atoms with Crippen molar-refractivity contribution in [1.82, 2.24) is 5.32 Å². The van der Waals surface area contributed by atoms with Crippen molar-refractivity contribution in [2.75, 3.05) is 13.7 Å². The quantitative estimate of drug-likeness (QED) is 0.793. The van der Waals surface area contributed by atoms with Gasteiger partial charge in [-0.15, -0.1) is 12.4 Å². The third kappa shape index (κ3) is 6.00. The Bertz CT molecular complexity index is 359. The number of halogens is 1. The molecular formula is C13H21ClN2O2. The second-order valence-corrected chi connectivity index (χ2v) is 3.87. The number of nitrogens with two attached hydrogens (primary N) is 1. The molecule has 5 heteroatoms. The van der Waals surface area contributed by atoms with Crippen LogP contribution in [-0.2, 0) is 22.7 Å². The van der Waals surface area contributed by atoms with Crippen LogP contribution in [0, 0.1) is 0 Å². The van der Waals surface area contributed by atoms with Gasteiger partial charge in [-0.05, 0) is 24.1 Å². The number of methoxy groups -OCH3 is 1. The largest absolute Gasteiger partial charge is 0.380 e. The lowest BCUT2D eigenvalue weighted by Gasteiger charge is -2.09. The predicted octanol–water partition coefficient (Wildman–Crippen LogP) is 1.61. The average molecular weight is 273 g/mol. The Morgan fingerprint density at radius 1 is 1.33 bits per heavy atom. The number of carbonyl (C=O) groups excluding carboxylic acids is 1. The van der Waals surface area contributed by atoms with Crippen LogP contribution >= 0.6 is 12.4 Å². The molecule has 0 bridgehead atoms. The molecular weight excluding hydrogens is 252 g/mol. The van der Waals surface area contributed by atoms with E-state index in [-0.39, 0.29) is 18.3 Å². The van der Waals surface area contributed by atoms with Gasteiger partial charge >= 0.3 is 0 Å². The fraction of sp³-hybridized carbons (Fsp3) is 0.462. The van der Waals surface area contributed by atoms with E-state index in [1.54, 1.807) is 7.11 Å². The Morgan fingerprint density at radius 3 is 2.61 bits per heavy atom. The number of benzene rings is 1. The van der Waals surface area contributed by atoms with E-state index >= 15 is 0 Å². The van der Waals surface area contributed by atoms with Gasteiger partial charge in [0.1, 0.15) is 0 Å². The Morgan fingerprint density at radius 2 is 2.00 bits per heavy atom. The summed E-state index contributed by atoms with van der Waals surface area (Å²) in [6.07, 6.45) is 1.22. The summed E-state index contributed by atoms with van der Waals surface area (Å²) in [5.74, 6) is 0.0441. The zero-order valence-corrected chi connectivity index (χ0v) is 11.5. The van der Waals surface area contributed by atoms with Crippen molar-refractivity contribution in [1.29, 1.82) is 0 Å². The molecule has 0 atom stereocenters. The molecule has 1 aromatic rings. The van der Waals surface area contributed by atoms with E-state index in [1.165, 1.54) is 0 Å². The number of hydrogen-bond acceptors (Lipinski definition) is 3. The lowest BCUT2D eigenvalue weighted by Crippen LogP contribution is -2.23. The maximum absolute atomic E-state index is 11.4. The van der Waals surface area contributed by atoms with Crippen molar-refractivity contribution in [2.45, 2.75) is 26.0 Å². The van der Waals surface area contributed by atoms with E-state index in [9.17, 15) is 4.79 Å². The van der Waals surface area contributed by atoms with Crippen LogP contribution in [0.2, 0.25) is 0 Å². The highest BCUT2D eigenvalue weighted by molar-refractivity contribution is 5.85. The summed E-state index contributed by atoms with van der Waals surface area (Å²) >= 11 is 0. The van der Waals surface area contributed by atoms with E-state index < -0.39 is 0 Å². The normalized spacial score (nSPS) is 9.67. The molecule has 0 aliphatic carbocycles. The van der Waals surface area contributed by atoms with Gasteiger partial charge in [0.25, 0.3) is 0 Å². The molecule has 1 aromatic carbocycles. The first-order valence-corrected chi connectivity index (χ1v) is 5.80. The van der Waals surface area contributed by atoms with E-state index in [0.717, 1.165) is 17.5 Å². The first-order valence-electron chi connectivity index (χ1n) is 5.80. The van der Waals surface area contributed by atoms with Crippen LogP contribution in [0.25, 0.3) is 0 Å². The van der Waals surface area contributed by atoms with Gasteiger partial charge in [0.2, 0.25) is 5.91 Å². The van der Waals surface area contributed by atoms with Crippen LogP contribution < -0.4 is 11.1 Å². The van der Waals surface area contributed by atoms with Gasteiger partial charge < -0.3 is 15.8 Å². The Balaban J connectivity index is 0.00000289. The molecule has 3 N–H and O–H groups in total. The summed E-state index contributed by atoms with van der Waals surface area (Å²) in [7, 11) is 1.66. The monoisotopic (exact) mass is 272 g/mol. The number of carbonyl (C=O) groups is 1. The standard InChI is InChI=1S/C13H20N2O2.ClH/c1-17-10-12-6-3-2-5-11(12)9-15-13(16)7-4-8-14;/h2-3,5-6H,4,7-10,14H2,1H3,(H,15,16);1H. The zero-order chi connectivity index (χ0) is 12.5. The third-order valence-corrected chi connectivity index (χ3v) is 2.50. The number of ether oxygens (including phenoxy) is 1. The molecule has 0 unspecified atom stereocenters. The molecule has 0 heterocycles. The highest BCUT2D eigenvalue weighted by atomic mass is 35.5. The highest BCUT2D eigenvalue weighted by Crippen LogP contribution is 2.09. The first kappa shape index (κ1) is 16.9. The molecule has 0 saturated heterocycles. The molecule has 0 fully saturated rings. The first-order chi connectivity index (χ1) is 8.27. The zero-order valence-electron chi connectivity index (χ0n) is 10.6. The second kappa shape index (κ2) is 9.88. The van der Waals surface area contributed by atoms with E-state index in [4.69, 9.17) is 10.5 Å². The lowest BCUT2D eigenvalue weighted by molar-refractivity contribution is -0.121. The summed E-state index contributed by atoms with van der Waals surface area (Å²) < 4.78 is 5.11. The summed E-state index contributed by atoms with van der Waals surface area (Å²) in [5, 5.41) is 2.88. The molecule has 0 aliphatic heterocycles. The van der Waals surface area contributed by atoms with Crippen LogP contribution in [0.3, 0.4) is 0 Å². The summed E-state index contributed by atoms with van der Waals surface area (Å²) in [5.41, 5.74) is 7.55. The Labute approximate surface area is 114 Å². The van der Waals surface area contributed by atoms with Gasteiger partial charge in [-0.25, -0.2) is 0 Å². The summed E-state index contributed by atoms with van der Waals surface area (Å²) in [6, 6.07) is 7.93. The summed E-state index contributed by atoms with van der Waals surface area (Å²) in [4.78, 5) is 11.4. The van der Waals surface area contributed by atoms with Crippen molar-refractivity contribution in [3.8, 4) is 0 Å². The van der Waals surface area contributed by atoms with Crippen LogP contribution in [0.1, 0.15) is 24.0 Å². The molecule has 1 rings (SSSR count). The molecule has 18 heavy (non-hydrogen) atoms. The predicted molar refractivity (Wildman–Crippen MR) is 74.5 cm³/mol. The minimum Gasteiger partial charge on any atom is -0.380 e. The summed E-state index contributed by atoms with van der Waals surface area (Å²) in [6.45, 7) is 1.66. The third-order valence-electron chi connectivity index (χ3n) is 2.50. The van der Waals surface area contributed by atoms with Crippen LogP contribution in [-0.4, -0.2) is 19.6 Å². The number of amides is 1. The fourth-order valence-electron chi connectivity index (χ4n) is 1.57. The molecule has 102 valence electrons. The highest BCUT2D eigenvalue weighted by Gasteiger charge is 2.04. The average Bonchev–Trinajstić information content (AvgIpc) is 2.35. The minimum absolute atomic E-state index is 0. The maximum atomic E-state index is 11.4. The van der Waals surface area contributed by atoms with E-state index in [1.807, 2.05) is 24.3 Å². The maximum Gasteiger partial charge on any atom is 0.220 e. The molecule has 0 aromatic heterocycles. The van der Waals surface area contributed by atoms with Crippen LogP contribution in [0.5, 0.6) is 0 Å². The van der Waals surface area contributed by atoms with Crippen molar-refractivity contribution in [3.63, 3.8) is 0 Å². The minimum atomic E-state index is 0. The lowest BCUT2D eigenvalue weighted by atomic mass is 10.1. The van der Waals surface area contributed by atoms with E-state index in [2.05, 4.69) is 5.32 Å². The van der Waals surface area contributed by atoms with Crippen LogP contribution in [0.15, 0.2) is 24.3 Å². The smallest absolute Gasteiger partial charge is 0.220 e. The SMILES string of the molecule is COCc1ccccc1CNC(=O)CCCN.Cl. The van der Waals surface area contributed by atoms with Gasteiger partial charge in [0.15, 0.2) is 0 Å². The molecule has 0 radical (unpaired) electrons. The van der Waals surface area contributed by atoms with Crippen molar-refractivity contribution in [3.05, 3.63) is 35.4 Å². The number of rotatable bonds is 7. The molecule has 0 aliphatic rings. The van der Waals surface area contributed by atoms with Crippen LogP contribution in [0.4, 0.5) is 0 Å². The second-order valence-electron chi connectivity index (χ2n) is 3.87. The number of nitrogens with one attached hydrogen (secondary N) is 1. The van der Waals surface area contributed by atoms with Gasteiger partial charge in [-0.3, -0.25) is 4.79 Å². The van der Waals surface area contributed by atoms with E-state index in [0.29, 0.717) is 26.1 Å².